The first-order chi connectivity index (χ1) is 7.88. The van der Waals surface area contributed by atoms with Crippen LogP contribution in [0.4, 0.5) is 0 Å². The van der Waals surface area contributed by atoms with Crippen molar-refractivity contribution in [2.75, 3.05) is 0 Å². The van der Waals surface area contributed by atoms with Crippen molar-refractivity contribution in [1.29, 1.82) is 0 Å². The third kappa shape index (κ3) is 4.23. The molecule has 0 aromatic carbocycles. The molecule has 2 unspecified atom stereocenters. The van der Waals surface area contributed by atoms with Crippen molar-refractivity contribution in [3.05, 3.63) is 5.82 Å². The van der Waals surface area contributed by atoms with E-state index in [-0.39, 0.29) is 11.5 Å². The molecule has 1 aromatic heterocycles. The Morgan fingerprint density at radius 3 is 2.41 bits per heavy atom. The van der Waals surface area contributed by atoms with Gasteiger partial charge in [0.1, 0.15) is 5.82 Å². The lowest BCUT2D eigenvalue weighted by Crippen LogP contribution is -2.40. The third-order valence-electron chi connectivity index (χ3n) is 2.71. The zero-order valence-corrected chi connectivity index (χ0v) is 13.0. The van der Waals surface area contributed by atoms with E-state index >= 15 is 0 Å². The number of thioether (sulfide) groups is 1. The fourth-order valence-corrected chi connectivity index (χ4v) is 3.85. The van der Waals surface area contributed by atoms with Crippen LogP contribution in [0.2, 0.25) is 0 Å². The summed E-state index contributed by atoms with van der Waals surface area (Å²) < 4.78 is 5.37. The van der Waals surface area contributed by atoms with E-state index in [1.807, 2.05) is 0 Å². The first-order valence-corrected chi connectivity index (χ1v) is 7.78. The van der Waals surface area contributed by atoms with Crippen LogP contribution in [-0.4, -0.2) is 20.6 Å². The van der Waals surface area contributed by atoms with Crippen LogP contribution in [0.15, 0.2) is 4.34 Å². The van der Waals surface area contributed by atoms with Gasteiger partial charge in [-0.1, -0.05) is 46.4 Å². The highest BCUT2D eigenvalue weighted by atomic mass is 32.2. The zero-order chi connectivity index (χ0) is 13.1. The topological polar surface area (TPSA) is 51.8 Å². The maximum Gasteiger partial charge on any atom is 0.170 e. The molecule has 0 fully saturated rings. The molecule has 0 radical (unpaired) electrons. The van der Waals surface area contributed by atoms with Gasteiger partial charge in [-0.05, 0) is 23.4 Å². The number of nitrogens with two attached hydrogens (primary N) is 1. The Morgan fingerprint density at radius 1 is 1.35 bits per heavy atom. The lowest BCUT2D eigenvalue weighted by atomic mass is 9.87. The van der Waals surface area contributed by atoms with Gasteiger partial charge < -0.3 is 5.73 Å². The summed E-state index contributed by atoms with van der Waals surface area (Å²) in [5.74, 6) is 0.940. The van der Waals surface area contributed by atoms with Crippen molar-refractivity contribution < 1.29 is 0 Å². The summed E-state index contributed by atoms with van der Waals surface area (Å²) in [5, 5.41) is 0.380. The van der Waals surface area contributed by atoms with Crippen LogP contribution in [0.5, 0.6) is 0 Å². The molecule has 17 heavy (non-hydrogen) atoms. The Morgan fingerprint density at radius 2 is 2.00 bits per heavy atom. The Kier molecular flexibility index (Phi) is 5.41. The minimum absolute atomic E-state index is 0.179. The molecule has 1 rings (SSSR count). The number of hydrogen-bond acceptors (Lipinski definition) is 5. The molecule has 2 atom stereocenters. The summed E-state index contributed by atoms with van der Waals surface area (Å²) in [6.07, 6.45) is 1.89. The number of rotatable bonds is 5. The summed E-state index contributed by atoms with van der Waals surface area (Å²) in [4.78, 5) is 4.51. The molecule has 0 amide bonds. The minimum Gasteiger partial charge on any atom is -0.327 e. The minimum atomic E-state index is 0.179. The second-order valence-corrected chi connectivity index (χ2v) is 7.45. The largest absolute Gasteiger partial charge is 0.327 e. The van der Waals surface area contributed by atoms with E-state index in [4.69, 9.17) is 5.73 Å². The van der Waals surface area contributed by atoms with Gasteiger partial charge in [-0.25, -0.2) is 4.98 Å². The number of hydrogen-bond donors (Lipinski definition) is 1. The second kappa shape index (κ2) is 6.16. The van der Waals surface area contributed by atoms with E-state index in [1.54, 1.807) is 11.8 Å². The molecule has 3 nitrogen and oxygen atoms in total. The van der Waals surface area contributed by atoms with E-state index in [0.717, 1.165) is 23.0 Å². The lowest BCUT2D eigenvalue weighted by molar-refractivity contribution is 0.350. The van der Waals surface area contributed by atoms with Gasteiger partial charge in [0.15, 0.2) is 4.34 Å². The third-order valence-corrected chi connectivity index (χ3v) is 5.37. The van der Waals surface area contributed by atoms with Gasteiger partial charge in [0.2, 0.25) is 0 Å². The molecule has 0 aliphatic rings. The SMILES string of the molecule is CCc1nsc(SC(C(N)CC)C(C)(C)C)n1. The average Bonchev–Trinajstić information content (AvgIpc) is 2.71. The molecule has 0 saturated carbocycles. The van der Waals surface area contributed by atoms with Gasteiger partial charge in [0.05, 0.1) is 0 Å². The summed E-state index contributed by atoms with van der Waals surface area (Å²) in [6.45, 7) is 10.9. The van der Waals surface area contributed by atoms with Gasteiger partial charge in [-0.15, -0.1) is 0 Å². The average molecular weight is 273 g/mol. The van der Waals surface area contributed by atoms with E-state index in [2.05, 4.69) is 44.0 Å². The van der Waals surface area contributed by atoms with Crippen LogP contribution in [0.1, 0.15) is 46.9 Å². The van der Waals surface area contributed by atoms with Crippen molar-refractivity contribution in [3.8, 4) is 0 Å². The van der Waals surface area contributed by atoms with Gasteiger partial charge >= 0.3 is 0 Å². The number of nitrogens with zero attached hydrogens (tertiary/aromatic N) is 2. The molecule has 1 aromatic rings. The molecule has 1 heterocycles. The van der Waals surface area contributed by atoms with Crippen LogP contribution in [0.3, 0.4) is 0 Å². The summed E-state index contributed by atoms with van der Waals surface area (Å²) in [6, 6.07) is 0.203. The summed E-state index contributed by atoms with van der Waals surface area (Å²) >= 11 is 3.28. The smallest absolute Gasteiger partial charge is 0.170 e. The summed E-state index contributed by atoms with van der Waals surface area (Å²) in [5.41, 5.74) is 6.40. The monoisotopic (exact) mass is 273 g/mol. The Bertz CT molecular complexity index is 344. The molecule has 0 aliphatic carbocycles. The number of aromatic nitrogens is 2. The second-order valence-electron chi connectivity index (χ2n) is 5.31. The van der Waals surface area contributed by atoms with Crippen molar-refractivity contribution in [3.63, 3.8) is 0 Å². The van der Waals surface area contributed by atoms with Crippen molar-refractivity contribution in [2.24, 2.45) is 11.1 Å². The van der Waals surface area contributed by atoms with Gasteiger partial charge in [0, 0.05) is 17.7 Å². The lowest BCUT2D eigenvalue weighted by Gasteiger charge is -2.33. The van der Waals surface area contributed by atoms with Gasteiger partial charge in [-0.2, -0.15) is 4.37 Å². The van der Waals surface area contributed by atoms with Crippen LogP contribution in [-0.2, 0) is 6.42 Å². The molecule has 2 N–H and O–H groups in total. The van der Waals surface area contributed by atoms with E-state index in [9.17, 15) is 0 Å². The molecule has 0 spiro atoms. The van der Waals surface area contributed by atoms with E-state index in [1.165, 1.54) is 11.5 Å². The number of aryl methyl sites for hydroxylation is 1. The predicted octanol–water partition coefficient (Wildman–Crippen LogP) is 3.34. The molecule has 98 valence electrons. The van der Waals surface area contributed by atoms with Gasteiger partial charge in [0.25, 0.3) is 0 Å². The first kappa shape index (κ1) is 14.9. The maximum absolute atomic E-state index is 6.23. The summed E-state index contributed by atoms with van der Waals surface area (Å²) in [7, 11) is 0. The Balaban J connectivity index is 2.79. The molecular formula is C12H23N3S2. The molecule has 0 saturated heterocycles. The Hall–Kier alpha value is -0.130. The first-order valence-electron chi connectivity index (χ1n) is 6.13. The zero-order valence-electron chi connectivity index (χ0n) is 11.4. The quantitative estimate of drug-likeness (QED) is 0.836. The van der Waals surface area contributed by atoms with Gasteiger partial charge in [-0.3, -0.25) is 0 Å². The molecular weight excluding hydrogens is 250 g/mol. The molecule has 0 bridgehead atoms. The molecule has 5 heteroatoms. The fourth-order valence-electron chi connectivity index (χ4n) is 1.66. The fraction of sp³-hybridized carbons (Fsp3) is 0.833. The standard InChI is InChI=1S/C12H23N3S2/c1-6-8(13)10(12(3,4)5)16-11-14-9(7-2)15-17-11/h8,10H,6-7,13H2,1-5H3. The Labute approximate surface area is 113 Å². The van der Waals surface area contributed by atoms with Crippen LogP contribution in [0, 0.1) is 5.41 Å². The van der Waals surface area contributed by atoms with Crippen molar-refractivity contribution >= 4 is 23.3 Å². The highest BCUT2D eigenvalue weighted by Crippen LogP contribution is 2.38. The molecule has 0 aliphatic heterocycles. The van der Waals surface area contributed by atoms with Crippen molar-refractivity contribution in [2.45, 2.75) is 63.1 Å². The van der Waals surface area contributed by atoms with E-state index < -0.39 is 0 Å². The van der Waals surface area contributed by atoms with Crippen molar-refractivity contribution in [1.82, 2.24) is 9.36 Å². The highest BCUT2D eigenvalue weighted by Gasteiger charge is 2.31. The normalized spacial score (nSPS) is 15.9. The van der Waals surface area contributed by atoms with E-state index in [0.29, 0.717) is 5.25 Å². The van der Waals surface area contributed by atoms with Crippen LogP contribution >= 0.6 is 23.3 Å². The maximum atomic E-state index is 6.23. The van der Waals surface area contributed by atoms with Crippen LogP contribution in [0.25, 0.3) is 0 Å². The highest BCUT2D eigenvalue weighted by molar-refractivity contribution is 8.01. The van der Waals surface area contributed by atoms with Crippen LogP contribution < -0.4 is 5.73 Å². The predicted molar refractivity (Wildman–Crippen MR) is 76.7 cm³/mol.